The van der Waals surface area contributed by atoms with Gasteiger partial charge in [-0.15, -0.1) is 0 Å². The monoisotopic (exact) mass is 433 g/mol. The van der Waals surface area contributed by atoms with E-state index >= 15 is 0 Å². The van der Waals surface area contributed by atoms with E-state index in [0.29, 0.717) is 30.1 Å². The molecule has 166 valence electrons. The lowest BCUT2D eigenvalue weighted by Gasteiger charge is -2.42. The lowest BCUT2D eigenvalue weighted by molar-refractivity contribution is -0.140. The molecule has 3 aliphatic rings. The van der Waals surface area contributed by atoms with Gasteiger partial charge in [-0.3, -0.25) is 9.59 Å². The standard InChI is InChI=1S/C24H27N5O3/c1-16-9-18-12-28(14-20(16)29(18)22-4-3-17(10-25)11-26-22)23(31)15-32-24(6-7-24)19-13-27(2)8-5-21(19)30/h3-5,8,11,13,16,18,20H,6-7,9,12,14-15H2,1-2H3/t16-,18?,20?/m0/s1. The Bertz CT molecular complexity index is 1130. The van der Waals surface area contributed by atoms with E-state index in [0.717, 1.165) is 25.1 Å². The number of amides is 1. The molecule has 3 fully saturated rings. The number of piperazine rings is 1. The fraction of sp³-hybridized carbons (Fsp3) is 0.500. The Hall–Kier alpha value is -3.18. The Morgan fingerprint density at radius 1 is 1.31 bits per heavy atom. The minimum Gasteiger partial charge on any atom is -0.360 e. The third-order valence-electron chi connectivity index (χ3n) is 7.11. The predicted octanol–water partition coefficient (Wildman–Crippen LogP) is 1.78. The van der Waals surface area contributed by atoms with E-state index in [-0.39, 0.29) is 30.0 Å². The normalized spacial score (nSPS) is 25.5. The molecule has 32 heavy (non-hydrogen) atoms. The minimum absolute atomic E-state index is 0.0129. The summed E-state index contributed by atoms with van der Waals surface area (Å²) in [6.45, 7) is 3.46. The highest BCUT2D eigenvalue weighted by Gasteiger charge is 2.49. The average Bonchev–Trinajstić information content (AvgIpc) is 3.56. The van der Waals surface area contributed by atoms with Gasteiger partial charge in [0, 0.05) is 56.4 Å². The molecular formula is C24H27N5O3. The molecule has 2 aliphatic heterocycles. The number of aryl methyl sites for hydroxylation is 1. The fourth-order valence-electron chi connectivity index (χ4n) is 5.22. The number of hydrogen-bond acceptors (Lipinski definition) is 6. The topological polar surface area (TPSA) is 91.5 Å². The van der Waals surface area contributed by atoms with Crippen molar-refractivity contribution < 1.29 is 9.53 Å². The summed E-state index contributed by atoms with van der Waals surface area (Å²) in [5.41, 5.74) is 0.526. The van der Waals surface area contributed by atoms with Gasteiger partial charge in [0.2, 0.25) is 5.91 Å². The van der Waals surface area contributed by atoms with Crippen LogP contribution in [0.3, 0.4) is 0 Å². The minimum atomic E-state index is -0.619. The molecule has 8 nitrogen and oxygen atoms in total. The number of rotatable bonds is 5. The van der Waals surface area contributed by atoms with Gasteiger partial charge in [-0.2, -0.15) is 5.26 Å². The molecule has 2 aromatic rings. The van der Waals surface area contributed by atoms with Crippen LogP contribution in [0.1, 0.15) is 37.3 Å². The molecule has 2 bridgehead atoms. The van der Waals surface area contributed by atoms with Crippen molar-refractivity contribution in [3.63, 3.8) is 0 Å². The van der Waals surface area contributed by atoms with Crippen LogP contribution in [-0.2, 0) is 22.2 Å². The third-order valence-corrected chi connectivity index (χ3v) is 7.11. The number of fused-ring (bicyclic) bond motifs is 2. The van der Waals surface area contributed by atoms with E-state index in [1.807, 2.05) is 28.8 Å². The second-order valence-electron chi connectivity index (χ2n) is 9.33. The zero-order chi connectivity index (χ0) is 22.5. The summed E-state index contributed by atoms with van der Waals surface area (Å²) in [6.07, 6.45) is 7.67. The van der Waals surface area contributed by atoms with Crippen LogP contribution < -0.4 is 10.3 Å². The summed E-state index contributed by atoms with van der Waals surface area (Å²) < 4.78 is 7.92. The Labute approximate surface area is 187 Å². The van der Waals surface area contributed by atoms with Crippen molar-refractivity contribution in [1.29, 1.82) is 5.26 Å². The lowest BCUT2D eigenvalue weighted by Crippen LogP contribution is -2.57. The van der Waals surface area contributed by atoms with Crippen LogP contribution in [0, 0.1) is 17.2 Å². The zero-order valence-electron chi connectivity index (χ0n) is 18.4. The van der Waals surface area contributed by atoms with Gasteiger partial charge < -0.3 is 19.1 Å². The summed E-state index contributed by atoms with van der Waals surface area (Å²) in [6, 6.07) is 7.74. The average molecular weight is 434 g/mol. The first-order valence-corrected chi connectivity index (χ1v) is 11.1. The van der Waals surface area contributed by atoms with Crippen LogP contribution in [0.25, 0.3) is 0 Å². The van der Waals surface area contributed by atoms with E-state index in [4.69, 9.17) is 10.00 Å². The number of likely N-dealkylation sites (tertiary alicyclic amines) is 1. The molecule has 2 unspecified atom stereocenters. The number of pyridine rings is 2. The first-order chi connectivity index (χ1) is 15.4. The van der Waals surface area contributed by atoms with Gasteiger partial charge >= 0.3 is 0 Å². The number of ether oxygens (including phenoxy) is 1. The molecule has 1 amide bonds. The third kappa shape index (κ3) is 3.56. The maximum atomic E-state index is 13.1. The van der Waals surface area contributed by atoms with E-state index in [1.54, 1.807) is 24.5 Å². The van der Waals surface area contributed by atoms with Gasteiger partial charge in [-0.25, -0.2) is 4.98 Å². The summed E-state index contributed by atoms with van der Waals surface area (Å²) >= 11 is 0. The van der Waals surface area contributed by atoms with Gasteiger partial charge in [0.15, 0.2) is 5.43 Å². The van der Waals surface area contributed by atoms with Crippen molar-refractivity contribution in [2.75, 3.05) is 24.6 Å². The molecule has 1 aliphatic carbocycles. The number of aromatic nitrogens is 2. The van der Waals surface area contributed by atoms with Crippen molar-refractivity contribution in [3.05, 3.63) is 58.1 Å². The van der Waals surface area contributed by atoms with Crippen LogP contribution >= 0.6 is 0 Å². The van der Waals surface area contributed by atoms with Crippen molar-refractivity contribution in [2.45, 2.75) is 43.9 Å². The van der Waals surface area contributed by atoms with E-state index in [1.165, 1.54) is 0 Å². The SMILES string of the molecule is C[C@H]1CC2CN(C(=O)COC3(c4cn(C)ccc4=O)CC3)CC1N2c1ccc(C#N)cn1. The summed E-state index contributed by atoms with van der Waals surface area (Å²) in [7, 11) is 1.88. The fourth-order valence-corrected chi connectivity index (χ4v) is 5.22. The Balaban J connectivity index is 1.26. The Morgan fingerprint density at radius 3 is 2.78 bits per heavy atom. The molecule has 1 saturated carbocycles. The molecule has 2 aromatic heterocycles. The number of anilines is 1. The first-order valence-electron chi connectivity index (χ1n) is 11.1. The quantitative estimate of drug-likeness (QED) is 0.714. The van der Waals surface area contributed by atoms with E-state index in [9.17, 15) is 9.59 Å². The number of hydrogen-bond donors (Lipinski definition) is 0. The lowest BCUT2D eigenvalue weighted by atomic mass is 10.0. The summed E-state index contributed by atoms with van der Waals surface area (Å²) in [4.78, 5) is 34.1. The molecule has 0 radical (unpaired) electrons. The van der Waals surface area contributed by atoms with Gasteiger partial charge in [0.1, 0.15) is 18.5 Å². The van der Waals surface area contributed by atoms with Gasteiger partial charge in [-0.1, -0.05) is 6.92 Å². The highest BCUT2D eigenvalue weighted by Crippen LogP contribution is 2.48. The Morgan fingerprint density at radius 2 is 2.12 bits per heavy atom. The molecule has 4 heterocycles. The molecule has 0 aromatic carbocycles. The number of nitriles is 1. The molecule has 0 N–H and O–H groups in total. The van der Waals surface area contributed by atoms with Gasteiger partial charge in [0.25, 0.3) is 0 Å². The first kappa shape index (κ1) is 20.7. The smallest absolute Gasteiger partial charge is 0.248 e. The maximum Gasteiger partial charge on any atom is 0.248 e. The highest BCUT2D eigenvalue weighted by atomic mass is 16.5. The van der Waals surface area contributed by atoms with E-state index in [2.05, 4.69) is 22.9 Å². The van der Waals surface area contributed by atoms with Crippen molar-refractivity contribution in [2.24, 2.45) is 13.0 Å². The number of nitrogens with zero attached hydrogens (tertiary/aromatic N) is 5. The van der Waals surface area contributed by atoms with Crippen LogP contribution in [-0.4, -0.2) is 52.1 Å². The molecule has 2 saturated heterocycles. The zero-order valence-corrected chi connectivity index (χ0v) is 18.4. The summed E-state index contributed by atoms with van der Waals surface area (Å²) in [5, 5.41) is 9.03. The Kier molecular flexibility index (Phi) is 5.01. The molecule has 0 spiro atoms. The van der Waals surface area contributed by atoms with E-state index < -0.39 is 5.60 Å². The molecule has 8 heteroatoms. The highest BCUT2D eigenvalue weighted by molar-refractivity contribution is 5.78. The second-order valence-corrected chi connectivity index (χ2v) is 9.33. The summed E-state index contributed by atoms with van der Waals surface area (Å²) in [5.74, 6) is 1.28. The van der Waals surface area contributed by atoms with Crippen molar-refractivity contribution in [3.8, 4) is 6.07 Å². The van der Waals surface area contributed by atoms with Crippen molar-refractivity contribution >= 4 is 11.7 Å². The van der Waals surface area contributed by atoms with Crippen LogP contribution in [0.15, 0.2) is 41.6 Å². The number of carbonyl (C=O) groups is 1. The number of carbonyl (C=O) groups excluding carboxylic acids is 1. The molecular weight excluding hydrogens is 406 g/mol. The molecule has 5 rings (SSSR count). The van der Waals surface area contributed by atoms with Crippen LogP contribution in [0.2, 0.25) is 0 Å². The van der Waals surface area contributed by atoms with Crippen LogP contribution in [0.5, 0.6) is 0 Å². The van der Waals surface area contributed by atoms with Crippen molar-refractivity contribution in [1.82, 2.24) is 14.5 Å². The van der Waals surface area contributed by atoms with Crippen LogP contribution in [0.4, 0.5) is 5.82 Å². The maximum absolute atomic E-state index is 13.1. The molecule has 3 atom stereocenters. The van der Waals surface area contributed by atoms with Gasteiger partial charge in [0.05, 0.1) is 17.2 Å². The second kappa shape index (κ2) is 7.75. The predicted molar refractivity (Wildman–Crippen MR) is 118 cm³/mol. The van der Waals surface area contributed by atoms with Gasteiger partial charge in [-0.05, 0) is 37.3 Å². The largest absolute Gasteiger partial charge is 0.360 e.